The molecule has 3 aromatic heterocycles. The van der Waals surface area contributed by atoms with Gasteiger partial charge in [0.2, 0.25) is 0 Å². The molecule has 174 valence electrons. The van der Waals surface area contributed by atoms with Crippen molar-refractivity contribution in [3.63, 3.8) is 0 Å². The van der Waals surface area contributed by atoms with E-state index >= 15 is 0 Å². The van der Waals surface area contributed by atoms with Crippen LogP contribution >= 0.6 is 0 Å². The molecule has 1 saturated carbocycles. The fraction of sp³-hybridized carbons (Fsp3) is 0.400. The molecule has 0 amide bonds. The number of hydrogen-bond acceptors (Lipinski definition) is 6. The van der Waals surface area contributed by atoms with Gasteiger partial charge in [0.25, 0.3) is 0 Å². The molecule has 6 rings (SSSR count). The summed E-state index contributed by atoms with van der Waals surface area (Å²) in [6.07, 6.45) is 5.43. The molecule has 0 radical (unpaired) electrons. The Morgan fingerprint density at radius 2 is 1.88 bits per heavy atom. The SMILES string of the molecule is [2H][C@@]1(c2cnn(C3CC3)c2)C[C@@H](c2nc(-c3ccc(F)cc3F)c3nc(C)c(C)nc3n2)CCO1. The summed E-state index contributed by atoms with van der Waals surface area (Å²) in [5, 5.41) is 4.42. The summed E-state index contributed by atoms with van der Waals surface area (Å²) in [5.74, 6) is -1.17. The highest BCUT2D eigenvalue weighted by molar-refractivity contribution is 5.87. The predicted molar refractivity (Wildman–Crippen MR) is 121 cm³/mol. The summed E-state index contributed by atoms with van der Waals surface area (Å²) >= 11 is 0. The van der Waals surface area contributed by atoms with Crippen LogP contribution < -0.4 is 0 Å². The van der Waals surface area contributed by atoms with Gasteiger partial charge in [0.05, 0.1) is 31.1 Å². The number of aryl methyl sites for hydroxylation is 2. The second-order valence-corrected chi connectivity index (χ2v) is 9.02. The van der Waals surface area contributed by atoms with E-state index in [9.17, 15) is 8.78 Å². The van der Waals surface area contributed by atoms with E-state index in [2.05, 4.69) is 15.1 Å². The Bertz CT molecular complexity index is 1460. The highest BCUT2D eigenvalue weighted by Gasteiger charge is 2.31. The average Bonchev–Trinajstić information content (AvgIpc) is 3.55. The third-order valence-electron chi connectivity index (χ3n) is 6.53. The van der Waals surface area contributed by atoms with Crippen LogP contribution in [0.25, 0.3) is 22.4 Å². The van der Waals surface area contributed by atoms with Crippen LogP contribution in [-0.4, -0.2) is 36.3 Å². The van der Waals surface area contributed by atoms with Crippen LogP contribution in [0.1, 0.15) is 67.9 Å². The minimum Gasteiger partial charge on any atom is -0.373 e. The zero-order valence-corrected chi connectivity index (χ0v) is 18.9. The van der Waals surface area contributed by atoms with Crippen molar-refractivity contribution in [1.82, 2.24) is 29.7 Å². The smallest absolute Gasteiger partial charge is 0.182 e. The molecule has 7 nitrogen and oxygen atoms in total. The summed E-state index contributed by atoms with van der Waals surface area (Å²) in [5.41, 5.74) is 3.20. The molecule has 2 atom stereocenters. The molecule has 0 spiro atoms. The van der Waals surface area contributed by atoms with Crippen molar-refractivity contribution in [2.24, 2.45) is 0 Å². The van der Waals surface area contributed by atoms with Crippen LogP contribution in [0.3, 0.4) is 0 Å². The molecule has 1 aliphatic carbocycles. The molecule has 4 aromatic rings. The summed E-state index contributed by atoms with van der Waals surface area (Å²) in [6.45, 7) is 4.00. The van der Waals surface area contributed by atoms with Crippen molar-refractivity contribution in [1.29, 1.82) is 0 Å². The summed E-state index contributed by atoms with van der Waals surface area (Å²) in [7, 11) is 0. The third-order valence-corrected chi connectivity index (χ3v) is 6.53. The van der Waals surface area contributed by atoms with Crippen molar-refractivity contribution < 1.29 is 14.9 Å². The van der Waals surface area contributed by atoms with Gasteiger partial charge in [-0.25, -0.2) is 28.7 Å². The molecule has 1 aliphatic heterocycles. The molecular weight excluding hydrogens is 438 g/mol. The largest absolute Gasteiger partial charge is 0.373 e. The second kappa shape index (κ2) is 8.16. The van der Waals surface area contributed by atoms with Crippen molar-refractivity contribution in [3.05, 3.63) is 65.0 Å². The van der Waals surface area contributed by atoms with E-state index in [1.54, 1.807) is 6.20 Å². The number of halogens is 2. The number of fused-ring (bicyclic) bond motifs is 1. The topological polar surface area (TPSA) is 78.6 Å². The van der Waals surface area contributed by atoms with Gasteiger partial charge < -0.3 is 4.74 Å². The minimum absolute atomic E-state index is 0.132. The Kier molecular flexibility index (Phi) is 4.82. The lowest BCUT2D eigenvalue weighted by molar-refractivity contribution is 0.00396. The van der Waals surface area contributed by atoms with Gasteiger partial charge in [-0.2, -0.15) is 5.10 Å². The Balaban J connectivity index is 1.44. The summed E-state index contributed by atoms with van der Waals surface area (Å²) in [4.78, 5) is 18.6. The van der Waals surface area contributed by atoms with E-state index in [-0.39, 0.29) is 17.2 Å². The van der Waals surface area contributed by atoms with Crippen molar-refractivity contribution in [2.75, 3.05) is 6.61 Å². The highest BCUT2D eigenvalue weighted by Crippen LogP contribution is 2.40. The van der Waals surface area contributed by atoms with Gasteiger partial charge in [-0.3, -0.25) is 4.68 Å². The van der Waals surface area contributed by atoms with Gasteiger partial charge in [0.15, 0.2) is 5.65 Å². The van der Waals surface area contributed by atoms with Gasteiger partial charge >= 0.3 is 0 Å². The molecule has 2 fully saturated rings. The van der Waals surface area contributed by atoms with E-state index in [4.69, 9.17) is 16.1 Å². The Hall–Kier alpha value is -3.33. The van der Waals surface area contributed by atoms with Gasteiger partial charge in [-0.05, 0) is 51.7 Å². The van der Waals surface area contributed by atoms with Crippen molar-refractivity contribution in [2.45, 2.75) is 57.6 Å². The molecular formula is C25H24F2N6O. The number of nitrogens with zero attached hydrogens (tertiary/aromatic N) is 6. The van der Waals surface area contributed by atoms with E-state index in [1.165, 1.54) is 12.1 Å². The lowest BCUT2D eigenvalue weighted by atomic mass is 9.92. The Morgan fingerprint density at radius 3 is 2.68 bits per heavy atom. The first-order valence-corrected chi connectivity index (χ1v) is 11.5. The lowest BCUT2D eigenvalue weighted by Gasteiger charge is -2.28. The first-order valence-electron chi connectivity index (χ1n) is 12.0. The van der Waals surface area contributed by atoms with E-state index < -0.39 is 17.7 Å². The van der Waals surface area contributed by atoms with E-state index in [0.717, 1.165) is 18.9 Å². The van der Waals surface area contributed by atoms with Gasteiger partial charge in [-0.1, -0.05) is 0 Å². The average molecular weight is 464 g/mol. The van der Waals surface area contributed by atoms with E-state index in [1.807, 2.05) is 24.7 Å². The Labute approximate surface area is 196 Å². The predicted octanol–water partition coefficient (Wildman–Crippen LogP) is 5.15. The number of hydrogen-bond donors (Lipinski definition) is 0. The molecule has 0 unspecified atom stereocenters. The zero-order chi connectivity index (χ0) is 24.3. The van der Waals surface area contributed by atoms with Crippen LogP contribution in [-0.2, 0) is 4.74 Å². The maximum absolute atomic E-state index is 14.8. The molecule has 4 heterocycles. The van der Waals surface area contributed by atoms with Crippen LogP contribution in [0.2, 0.25) is 0 Å². The fourth-order valence-electron chi connectivity index (χ4n) is 4.33. The van der Waals surface area contributed by atoms with Crippen LogP contribution in [0.4, 0.5) is 8.78 Å². The number of ether oxygens (including phenoxy) is 1. The zero-order valence-electron chi connectivity index (χ0n) is 19.9. The molecule has 9 heteroatoms. The number of benzene rings is 1. The van der Waals surface area contributed by atoms with Crippen LogP contribution in [0.15, 0.2) is 30.6 Å². The van der Waals surface area contributed by atoms with Crippen LogP contribution in [0.5, 0.6) is 0 Å². The van der Waals surface area contributed by atoms with E-state index in [0.29, 0.717) is 59.4 Å². The van der Waals surface area contributed by atoms with Gasteiger partial charge in [0, 0.05) is 35.9 Å². The molecule has 0 N–H and O–H groups in total. The fourth-order valence-corrected chi connectivity index (χ4v) is 4.33. The minimum atomic E-state index is -1.29. The molecule has 34 heavy (non-hydrogen) atoms. The maximum atomic E-state index is 14.8. The van der Waals surface area contributed by atoms with Gasteiger partial charge in [-0.15, -0.1) is 0 Å². The summed E-state index contributed by atoms with van der Waals surface area (Å²) in [6, 6.07) is 3.80. The molecule has 0 bridgehead atoms. The number of rotatable bonds is 4. The second-order valence-electron chi connectivity index (χ2n) is 9.02. The lowest BCUT2D eigenvalue weighted by Crippen LogP contribution is -2.20. The van der Waals surface area contributed by atoms with Gasteiger partial charge in [0.1, 0.15) is 28.7 Å². The van der Waals surface area contributed by atoms with Crippen LogP contribution in [0, 0.1) is 25.5 Å². The highest BCUT2D eigenvalue weighted by atomic mass is 19.1. The molecule has 2 aliphatic rings. The summed E-state index contributed by atoms with van der Waals surface area (Å²) < 4.78 is 45.3. The van der Waals surface area contributed by atoms with Crippen molar-refractivity contribution >= 4 is 11.2 Å². The monoisotopic (exact) mass is 463 g/mol. The molecule has 1 aromatic carbocycles. The maximum Gasteiger partial charge on any atom is 0.182 e. The molecule has 1 saturated heterocycles. The first kappa shape index (κ1) is 20.1. The van der Waals surface area contributed by atoms with Crippen molar-refractivity contribution in [3.8, 4) is 11.3 Å². The first-order chi connectivity index (χ1) is 16.8. The quantitative estimate of drug-likeness (QED) is 0.417. The normalized spacial score (nSPS) is 23.3. The number of aromatic nitrogens is 6. The third kappa shape index (κ3) is 3.83. The standard InChI is InChI=1S/C25H24F2N6O/c1-13-14(2)30-25-23(29-13)22(19-6-3-17(26)10-20(19)27)31-24(32-25)15-7-8-34-21(9-15)16-11-28-33(12-16)18-4-5-18/h3,6,10-12,15,18,21H,4-5,7-9H2,1-2H3/t15-,21-/m0/s1/i21D. The Morgan fingerprint density at radius 1 is 1.06 bits per heavy atom.